The van der Waals surface area contributed by atoms with Crippen LogP contribution in [0.3, 0.4) is 0 Å². The van der Waals surface area contributed by atoms with Gasteiger partial charge in [-0.1, -0.05) is 0 Å². The molecule has 13 heavy (non-hydrogen) atoms. The number of nitrogen functional groups attached to an aromatic ring is 1. The van der Waals surface area contributed by atoms with E-state index in [1.54, 1.807) is 29.3 Å². The molecule has 0 atom stereocenters. The number of rotatable bonds is 2. The second kappa shape index (κ2) is 3.22. The molecule has 0 aliphatic carbocycles. The van der Waals surface area contributed by atoms with Crippen molar-refractivity contribution in [2.75, 3.05) is 5.73 Å². The van der Waals surface area contributed by atoms with Crippen molar-refractivity contribution in [3.05, 3.63) is 36.5 Å². The van der Waals surface area contributed by atoms with E-state index in [1.165, 1.54) is 0 Å². The molecule has 0 fully saturated rings. The summed E-state index contributed by atoms with van der Waals surface area (Å²) in [6, 6.07) is 1.75. The Labute approximate surface area is 75.2 Å². The zero-order chi connectivity index (χ0) is 9.10. The summed E-state index contributed by atoms with van der Waals surface area (Å²) in [4.78, 5) is 8.07. The molecular formula is C8H9N5. The molecule has 5 nitrogen and oxygen atoms in total. The van der Waals surface area contributed by atoms with E-state index in [0.717, 1.165) is 5.69 Å². The molecule has 0 aromatic carbocycles. The maximum atomic E-state index is 5.46. The summed E-state index contributed by atoms with van der Waals surface area (Å²) >= 11 is 0. The van der Waals surface area contributed by atoms with Gasteiger partial charge in [0.2, 0.25) is 0 Å². The van der Waals surface area contributed by atoms with Crippen LogP contribution >= 0.6 is 0 Å². The number of anilines is 1. The Kier molecular flexibility index (Phi) is 1.91. The van der Waals surface area contributed by atoms with Crippen molar-refractivity contribution in [2.24, 2.45) is 0 Å². The van der Waals surface area contributed by atoms with E-state index in [-0.39, 0.29) is 0 Å². The molecule has 0 amide bonds. The minimum Gasteiger partial charge on any atom is -0.382 e. The number of nitrogens with two attached hydrogens (primary N) is 1. The number of aromatic nitrogens is 4. The van der Waals surface area contributed by atoms with E-state index in [1.807, 2.05) is 6.20 Å². The van der Waals surface area contributed by atoms with Crippen molar-refractivity contribution in [1.29, 1.82) is 0 Å². The van der Waals surface area contributed by atoms with E-state index in [4.69, 9.17) is 5.73 Å². The van der Waals surface area contributed by atoms with Crippen LogP contribution in [0.4, 0.5) is 5.82 Å². The average Bonchev–Trinajstić information content (AvgIpc) is 2.53. The van der Waals surface area contributed by atoms with Gasteiger partial charge in [-0.25, -0.2) is 0 Å². The molecule has 0 bridgehead atoms. The van der Waals surface area contributed by atoms with E-state index >= 15 is 0 Å². The summed E-state index contributed by atoms with van der Waals surface area (Å²) in [6.07, 6.45) is 6.81. The van der Waals surface area contributed by atoms with E-state index in [0.29, 0.717) is 12.4 Å². The van der Waals surface area contributed by atoms with Gasteiger partial charge < -0.3 is 5.73 Å². The van der Waals surface area contributed by atoms with E-state index < -0.39 is 0 Å². The number of hydrogen-bond donors (Lipinski definition) is 1. The minimum absolute atomic E-state index is 0.517. The third kappa shape index (κ3) is 1.81. The molecule has 2 aromatic rings. The zero-order valence-electron chi connectivity index (χ0n) is 6.96. The SMILES string of the molecule is Nc1ccn(Cc2cnccn2)n1. The highest BCUT2D eigenvalue weighted by atomic mass is 15.3. The van der Waals surface area contributed by atoms with Crippen LogP contribution in [-0.2, 0) is 6.54 Å². The number of nitrogens with zero attached hydrogens (tertiary/aromatic N) is 4. The lowest BCUT2D eigenvalue weighted by Gasteiger charge is -1.98. The van der Waals surface area contributed by atoms with Gasteiger partial charge in [-0.05, 0) is 6.07 Å². The van der Waals surface area contributed by atoms with E-state index in [2.05, 4.69) is 15.1 Å². The molecule has 0 unspecified atom stereocenters. The molecule has 2 rings (SSSR count). The Balaban J connectivity index is 2.15. The molecule has 5 heteroatoms. The first-order valence-electron chi connectivity index (χ1n) is 3.88. The lowest BCUT2D eigenvalue weighted by molar-refractivity contribution is 0.673. The maximum Gasteiger partial charge on any atom is 0.145 e. The summed E-state index contributed by atoms with van der Waals surface area (Å²) in [5.74, 6) is 0.517. The van der Waals surface area contributed by atoms with Crippen molar-refractivity contribution in [1.82, 2.24) is 19.7 Å². The molecule has 2 N–H and O–H groups in total. The standard InChI is InChI=1S/C8H9N5/c9-8-1-4-13(12-8)6-7-5-10-2-3-11-7/h1-5H,6H2,(H2,9,12). The molecule has 0 radical (unpaired) electrons. The molecule has 66 valence electrons. The topological polar surface area (TPSA) is 69.6 Å². The highest BCUT2D eigenvalue weighted by Gasteiger charge is 1.96. The minimum atomic E-state index is 0.517. The second-order valence-electron chi connectivity index (χ2n) is 2.63. The van der Waals surface area contributed by atoms with Crippen molar-refractivity contribution in [2.45, 2.75) is 6.54 Å². The van der Waals surface area contributed by atoms with Gasteiger partial charge in [0.1, 0.15) is 5.82 Å². The quantitative estimate of drug-likeness (QED) is 0.712. The molecule has 0 spiro atoms. The Morgan fingerprint density at radius 3 is 2.92 bits per heavy atom. The largest absolute Gasteiger partial charge is 0.382 e. The third-order valence-electron chi connectivity index (χ3n) is 1.60. The fourth-order valence-corrected chi connectivity index (χ4v) is 1.04. The Morgan fingerprint density at radius 1 is 1.38 bits per heavy atom. The van der Waals surface area contributed by atoms with Gasteiger partial charge in [0.05, 0.1) is 18.4 Å². The van der Waals surface area contributed by atoms with Gasteiger partial charge in [-0.3, -0.25) is 14.6 Å². The van der Waals surface area contributed by atoms with Crippen molar-refractivity contribution in [3.8, 4) is 0 Å². The third-order valence-corrected chi connectivity index (χ3v) is 1.60. The molecule has 0 saturated heterocycles. The van der Waals surface area contributed by atoms with Crippen LogP contribution in [0, 0.1) is 0 Å². The van der Waals surface area contributed by atoms with Gasteiger partial charge >= 0.3 is 0 Å². The van der Waals surface area contributed by atoms with E-state index in [9.17, 15) is 0 Å². The molecule has 2 aromatic heterocycles. The monoisotopic (exact) mass is 175 g/mol. The van der Waals surface area contributed by atoms with Crippen LogP contribution in [-0.4, -0.2) is 19.7 Å². The highest BCUT2D eigenvalue weighted by Crippen LogP contribution is 1.99. The molecule has 0 aliphatic heterocycles. The fraction of sp³-hybridized carbons (Fsp3) is 0.125. The molecular weight excluding hydrogens is 166 g/mol. The smallest absolute Gasteiger partial charge is 0.145 e. The van der Waals surface area contributed by atoms with Gasteiger partial charge in [-0.2, -0.15) is 5.10 Å². The van der Waals surface area contributed by atoms with Crippen molar-refractivity contribution in [3.63, 3.8) is 0 Å². The van der Waals surface area contributed by atoms with Crippen LogP contribution in [0.1, 0.15) is 5.69 Å². The molecule has 0 aliphatic rings. The molecule has 0 saturated carbocycles. The Bertz CT molecular complexity index is 380. The van der Waals surface area contributed by atoms with Crippen LogP contribution in [0.25, 0.3) is 0 Å². The van der Waals surface area contributed by atoms with Crippen LogP contribution in [0.15, 0.2) is 30.9 Å². The predicted molar refractivity (Wildman–Crippen MR) is 47.8 cm³/mol. The first kappa shape index (κ1) is 7.72. The second-order valence-corrected chi connectivity index (χ2v) is 2.63. The summed E-state index contributed by atoms with van der Waals surface area (Å²) in [5.41, 5.74) is 6.33. The predicted octanol–water partition coefficient (Wildman–Crippen LogP) is 0.304. The van der Waals surface area contributed by atoms with Crippen LogP contribution in [0.5, 0.6) is 0 Å². The van der Waals surface area contributed by atoms with Gasteiger partial charge in [0, 0.05) is 18.6 Å². The first-order valence-corrected chi connectivity index (χ1v) is 3.88. The van der Waals surface area contributed by atoms with Crippen LogP contribution < -0.4 is 5.73 Å². The van der Waals surface area contributed by atoms with Gasteiger partial charge in [0.15, 0.2) is 0 Å². The zero-order valence-corrected chi connectivity index (χ0v) is 6.96. The maximum absolute atomic E-state index is 5.46. The lowest BCUT2D eigenvalue weighted by Crippen LogP contribution is -2.03. The van der Waals surface area contributed by atoms with Gasteiger partial charge in [-0.15, -0.1) is 0 Å². The first-order chi connectivity index (χ1) is 6.34. The highest BCUT2D eigenvalue weighted by molar-refractivity contribution is 5.24. The Hall–Kier alpha value is -1.91. The normalized spacial score (nSPS) is 10.2. The summed E-state index contributed by atoms with van der Waals surface area (Å²) in [5, 5.41) is 4.03. The van der Waals surface area contributed by atoms with Crippen LogP contribution in [0.2, 0.25) is 0 Å². The fourth-order valence-electron chi connectivity index (χ4n) is 1.04. The molecule has 2 heterocycles. The summed E-state index contributed by atoms with van der Waals surface area (Å²) in [6.45, 7) is 0.602. The summed E-state index contributed by atoms with van der Waals surface area (Å²) in [7, 11) is 0. The summed E-state index contributed by atoms with van der Waals surface area (Å²) < 4.78 is 1.72. The van der Waals surface area contributed by atoms with Crippen molar-refractivity contribution >= 4 is 5.82 Å². The van der Waals surface area contributed by atoms with Gasteiger partial charge in [0.25, 0.3) is 0 Å². The lowest BCUT2D eigenvalue weighted by atomic mass is 10.4. The number of hydrogen-bond acceptors (Lipinski definition) is 4. The Morgan fingerprint density at radius 2 is 2.31 bits per heavy atom. The average molecular weight is 175 g/mol. The van der Waals surface area contributed by atoms with Crippen molar-refractivity contribution < 1.29 is 0 Å².